The first kappa shape index (κ1) is 30.2. The van der Waals surface area contributed by atoms with Crippen LogP contribution in [-0.2, 0) is 19.1 Å². The molecular weight excluding hydrogens is 556 g/mol. The van der Waals surface area contributed by atoms with E-state index in [0.717, 1.165) is 25.7 Å². The molecule has 0 radical (unpaired) electrons. The highest BCUT2D eigenvalue weighted by Gasteiger charge is 2.76. The Morgan fingerprint density at radius 3 is 2.65 bits per heavy atom. The number of halogens is 1. The lowest BCUT2D eigenvalue weighted by Crippen LogP contribution is -2.59. The van der Waals surface area contributed by atoms with Crippen molar-refractivity contribution in [2.24, 2.45) is 17.8 Å². The van der Waals surface area contributed by atoms with E-state index in [1.54, 1.807) is 28.8 Å². The second kappa shape index (κ2) is 13.2. The molecule has 3 saturated heterocycles. The summed E-state index contributed by atoms with van der Waals surface area (Å²) in [7, 11) is 0. The van der Waals surface area contributed by atoms with Gasteiger partial charge >= 0.3 is 5.97 Å². The number of rotatable bonds is 15. The van der Waals surface area contributed by atoms with Gasteiger partial charge in [-0.2, -0.15) is 0 Å². The van der Waals surface area contributed by atoms with E-state index in [0.29, 0.717) is 25.9 Å². The van der Waals surface area contributed by atoms with Crippen LogP contribution in [0, 0.1) is 17.8 Å². The van der Waals surface area contributed by atoms with Crippen LogP contribution in [0.5, 0.6) is 0 Å². The van der Waals surface area contributed by atoms with Crippen LogP contribution in [0.25, 0.3) is 0 Å². The summed E-state index contributed by atoms with van der Waals surface area (Å²) >= 11 is 5.39. The first-order valence-corrected chi connectivity index (χ1v) is 15.5. The Morgan fingerprint density at radius 1 is 1.32 bits per heavy atom. The smallest absolute Gasteiger partial charge is 0.310 e. The molecule has 3 aliphatic rings. The molecule has 2 amide bonds. The van der Waals surface area contributed by atoms with Crippen LogP contribution in [0.1, 0.15) is 59.3 Å². The van der Waals surface area contributed by atoms with Crippen LogP contribution < -0.4 is 0 Å². The summed E-state index contributed by atoms with van der Waals surface area (Å²) in [6.45, 7) is 14.7. The summed E-state index contributed by atoms with van der Waals surface area (Å²) in [6, 6.07) is -1.25. The molecule has 0 aromatic carbocycles. The highest BCUT2D eigenvalue weighted by atomic mass is 79.9. The van der Waals surface area contributed by atoms with Crippen LogP contribution in [0.15, 0.2) is 25.3 Å². The van der Waals surface area contributed by atoms with E-state index in [1.165, 1.54) is 0 Å². The minimum absolute atomic E-state index is 0.00705. The number of esters is 1. The number of fused-ring (bicyclic) bond motifs is 1. The van der Waals surface area contributed by atoms with Crippen molar-refractivity contribution in [3.63, 3.8) is 0 Å². The quantitative estimate of drug-likeness (QED) is 0.132. The van der Waals surface area contributed by atoms with Crippen molar-refractivity contribution in [3.8, 4) is 0 Å². The molecule has 0 saturated carbocycles. The Bertz CT molecular complexity index is 872. The van der Waals surface area contributed by atoms with Gasteiger partial charge in [-0.1, -0.05) is 68.1 Å². The van der Waals surface area contributed by atoms with Crippen molar-refractivity contribution >= 4 is 45.5 Å². The molecule has 208 valence electrons. The number of hydrogen-bond acceptors (Lipinski definition) is 6. The summed E-state index contributed by atoms with van der Waals surface area (Å²) in [4.78, 5) is 45.5. The molecule has 3 fully saturated rings. The average Bonchev–Trinajstić information content (AvgIpc) is 3.47. The molecule has 3 unspecified atom stereocenters. The maximum absolute atomic E-state index is 14.4. The van der Waals surface area contributed by atoms with E-state index in [4.69, 9.17) is 4.74 Å². The molecule has 7 nitrogen and oxygen atoms in total. The zero-order valence-corrected chi connectivity index (χ0v) is 24.8. The number of thioether (sulfide) groups is 1. The highest BCUT2D eigenvalue weighted by molar-refractivity contribution is 9.09. The average molecular weight is 600 g/mol. The molecule has 0 aromatic heterocycles. The van der Waals surface area contributed by atoms with Crippen LogP contribution in [0.3, 0.4) is 0 Å². The first-order valence-electron chi connectivity index (χ1n) is 13.7. The maximum Gasteiger partial charge on any atom is 0.310 e. The Labute approximate surface area is 234 Å². The largest absolute Gasteiger partial charge is 0.465 e. The van der Waals surface area contributed by atoms with Crippen molar-refractivity contribution in [1.82, 2.24) is 9.80 Å². The molecular formula is C28H43BrN2O5S. The number of alkyl halides is 1. The lowest BCUT2D eigenvalue weighted by Gasteiger charge is -2.41. The lowest BCUT2D eigenvalue weighted by molar-refractivity contribution is -0.154. The fourth-order valence-electron chi connectivity index (χ4n) is 6.30. The Morgan fingerprint density at radius 2 is 2.05 bits per heavy atom. The number of carbonyl (C=O) groups is 3. The van der Waals surface area contributed by atoms with Crippen LogP contribution >= 0.6 is 27.7 Å². The lowest BCUT2D eigenvalue weighted by atomic mass is 9.71. The van der Waals surface area contributed by atoms with Crippen LogP contribution in [0.4, 0.5) is 0 Å². The highest BCUT2D eigenvalue weighted by Crippen LogP contribution is 2.68. The Kier molecular flexibility index (Phi) is 10.7. The van der Waals surface area contributed by atoms with Crippen LogP contribution in [-0.4, -0.2) is 85.9 Å². The maximum atomic E-state index is 14.4. The number of ether oxygens (including phenoxy) is 1. The monoisotopic (exact) mass is 598 g/mol. The fourth-order valence-corrected chi connectivity index (χ4v) is 9.88. The van der Waals surface area contributed by atoms with Crippen molar-refractivity contribution in [1.29, 1.82) is 0 Å². The molecule has 2 bridgehead atoms. The molecule has 1 spiro atoms. The van der Waals surface area contributed by atoms with Gasteiger partial charge in [0.05, 0.1) is 35.8 Å². The van der Waals surface area contributed by atoms with Gasteiger partial charge in [-0.3, -0.25) is 14.4 Å². The van der Waals surface area contributed by atoms with E-state index in [2.05, 4.69) is 36.0 Å². The molecule has 8 atom stereocenters. The topological polar surface area (TPSA) is 87.2 Å². The summed E-state index contributed by atoms with van der Waals surface area (Å²) in [5.41, 5.74) is 0. The second-order valence-electron chi connectivity index (χ2n) is 10.6. The molecule has 3 heterocycles. The van der Waals surface area contributed by atoms with Crippen molar-refractivity contribution in [3.05, 3.63) is 25.3 Å². The van der Waals surface area contributed by atoms with Crippen LogP contribution in [0.2, 0.25) is 0 Å². The van der Waals surface area contributed by atoms with Gasteiger partial charge in [0.15, 0.2) is 0 Å². The summed E-state index contributed by atoms with van der Waals surface area (Å²) in [5.74, 6) is -1.99. The minimum atomic E-state index is -0.751. The van der Waals surface area contributed by atoms with Gasteiger partial charge < -0.3 is 19.6 Å². The number of likely N-dealkylation sites (tertiary alicyclic amines) is 1. The SMILES string of the molecule is C=CCCOC(=O)[C@H]1[C@@H]2SC3(CC2Br)C(C(=O)N(CC=C)CCCCC)N([C@@H](CO)[C@@H](C)CC)C(=O)[C@H]13. The van der Waals surface area contributed by atoms with Gasteiger partial charge in [0.1, 0.15) is 6.04 Å². The number of unbranched alkanes of at least 4 members (excludes halogenated alkanes) is 2. The first-order chi connectivity index (χ1) is 17.7. The minimum Gasteiger partial charge on any atom is -0.465 e. The third-order valence-electron chi connectivity index (χ3n) is 8.34. The van der Waals surface area contributed by atoms with Gasteiger partial charge in [0.25, 0.3) is 0 Å². The third kappa shape index (κ3) is 5.55. The van der Waals surface area contributed by atoms with Gasteiger partial charge in [-0.05, 0) is 25.2 Å². The van der Waals surface area contributed by atoms with E-state index < -0.39 is 28.7 Å². The van der Waals surface area contributed by atoms with Gasteiger partial charge in [0.2, 0.25) is 11.8 Å². The number of carbonyl (C=O) groups excluding carboxylic acids is 3. The van der Waals surface area contributed by atoms with E-state index in [1.807, 2.05) is 18.7 Å². The van der Waals surface area contributed by atoms with E-state index >= 15 is 0 Å². The Balaban J connectivity index is 2.07. The zero-order valence-electron chi connectivity index (χ0n) is 22.4. The van der Waals surface area contributed by atoms with Gasteiger partial charge in [-0.25, -0.2) is 0 Å². The van der Waals surface area contributed by atoms with Crippen molar-refractivity contribution < 1.29 is 24.2 Å². The predicted octanol–water partition coefficient (Wildman–Crippen LogP) is 4.18. The molecule has 0 aromatic rings. The summed E-state index contributed by atoms with van der Waals surface area (Å²) in [5, 5.41) is 10.3. The second-order valence-corrected chi connectivity index (χ2v) is 13.3. The standard InChI is InChI=1S/C28H43BrN2O5S/c1-6-10-12-14-30(13-8-3)26(34)24-28-16-19(29)23(37-28)21(27(35)36-15-11-7-2)22(28)25(33)31(24)20(17-32)18(5)9-4/h7-8,18-24,32H,2-3,6,9-17H2,1,4-5H3/t18-,19?,20-,21+,22-,23+,24?,28?/m0/s1. The number of nitrogens with zero attached hydrogens (tertiary/aromatic N) is 2. The number of aliphatic hydroxyl groups is 1. The number of amides is 2. The third-order valence-corrected chi connectivity index (χ3v) is 11.6. The number of aliphatic hydroxyl groups excluding tert-OH is 1. The van der Waals surface area contributed by atoms with Crippen molar-refractivity contribution in [2.45, 2.75) is 86.2 Å². The molecule has 9 heteroatoms. The molecule has 1 N–H and O–H groups in total. The summed E-state index contributed by atoms with van der Waals surface area (Å²) in [6.07, 6.45) is 8.24. The molecule has 3 aliphatic heterocycles. The van der Waals surface area contributed by atoms with E-state index in [-0.39, 0.29) is 47.0 Å². The fraction of sp³-hybridized carbons (Fsp3) is 0.750. The molecule has 37 heavy (non-hydrogen) atoms. The molecule has 3 rings (SSSR count). The summed E-state index contributed by atoms with van der Waals surface area (Å²) < 4.78 is 4.84. The van der Waals surface area contributed by atoms with E-state index in [9.17, 15) is 19.5 Å². The molecule has 0 aliphatic carbocycles. The predicted molar refractivity (Wildman–Crippen MR) is 151 cm³/mol. The zero-order chi connectivity index (χ0) is 27.3. The Hall–Kier alpha value is -1.32. The van der Waals surface area contributed by atoms with Gasteiger partial charge in [0, 0.05) is 23.2 Å². The number of hydrogen-bond donors (Lipinski definition) is 1. The normalized spacial score (nSPS) is 31.6. The van der Waals surface area contributed by atoms with Gasteiger partial charge in [-0.15, -0.1) is 24.9 Å². The van der Waals surface area contributed by atoms with Crippen molar-refractivity contribution in [2.75, 3.05) is 26.3 Å².